The molecule has 1 aromatic carbocycles. The second-order valence-electron chi connectivity index (χ2n) is 5.21. The van der Waals surface area contributed by atoms with Crippen molar-refractivity contribution >= 4 is 11.6 Å². The SMILES string of the molecule is CNC(c1cccc(CC(C)C)c1)c1ccoc1Cl. The molecule has 0 spiro atoms. The van der Waals surface area contributed by atoms with E-state index in [0.29, 0.717) is 11.1 Å². The molecule has 1 atom stereocenters. The highest BCUT2D eigenvalue weighted by molar-refractivity contribution is 6.29. The van der Waals surface area contributed by atoms with Crippen LogP contribution in [0.1, 0.15) is 36.6 Å². The van der Waals surface area contributed by atoms with Crippen LogP contribution in [0.5, 0.6) is 0 Å². The van der Waals surface area contributed by atoms with Gasteiger partial charge in [-0.15, -0.1) is 0 Å². The van der Waals surface area contributed by atoms with Crippen LogP contribution in [0.4, 0.5) is 0 Å². The topological polar surface area (TPSA) is 25.2 Å². The third-order valence-corrected chi connectivity index (χ3v) is 3.48. The maximum absolute atomic E-state index is 6.08. The van der Waals surface area contributed by atoms with E-state index in [2.05, 4.69) is 43.4 Å². The van der Waals surface area contributed by atoms with Gasteiger partial charge in [0.15, 0.2) is 5.22 Å². The molecule has 1 heterocycles. The van der Waals surface area contributed by atoms with Crippen LogP contribution in [0, 0.1) is 5.92 Å². The average Bonchev–Trinajstić information content (AvgIpc) is 2.77. The first-order valence-corrected chi connectivity index (χ1v) is 6.98. The van der Waals surface area contributed by atoms with E-state index in [9.17, 15) is 0 Å². The Labute approximate surface area is 119 Å². The van der Waals surface area contributed by atoms with Crippen LogP contribution in [0.15, 0.2) is 41.0 Å². The Hall–Kier alpha value is -1.25. The van der Waals surface area contributed by atoms with Crippen molar-refractivity contribution in [3.63, 3.8) is 0 Å². The minimum Gasteiger partial charge on any atom is -0.453 e. The maximum atomic E-state index is 6.08. The number of furan rings is 1. The lowest BCUT2D eigenvalue weighted by Crippen LogP contribution is -2.17. The molecule has 0 bridgehead atoms. The highest BCUT2D eigenvalue weighted by atomic mass is 35.5. The summed E-state index contributed by atoms with van der Waals surface area (Å²) in [6.07, 6.45) is 2.71. The van der Waals surface area contributed by atoms with E-state index in [4.69, 9.17) is 16.0 Å². The highest BCUT2D eigenvalue weighted by Crippen LogP contribution is 2.29. The first kappa shape index (κ1) is 14.2. The van der Waals surface area contributed by atoms with Gasteiger partial charge in [-0.2, -0.15) is 0 Å². The van der Waals surface area contributed by atoms with Crippen molar-refractivity contribution in [2.24, 2.45) is 5.92 Å². The average molecular weight is 278 g/mol. The summed E-state index contributed by atoms with van der Waals surface area (Å²) in [7, 11) is 1.93. The maximum Gasteiger partial charge on any atom is 0.198 e. The predicted molar refractivity (Wildman–Crippen MR) is 79.6 cm³/mol. The van der Waals surface area contributed by atoms with E-state index in [1.807, 2.05) is 13.1 Å². The van der Waals surface area contributed by atoms with Gasteiger partial charge in [0, 0.05) is 5.56 Å². The number of halogens is 1. The summed E-state index contributed by atoms with van der Waals surface area (Å²) in [4.78, 5) is 0. The first-order valence-electron chi connectivity index (χ1n) is 6.60. The van der Waals surface area contributed by atoms with Gasteiger partial charge in [-0.3, -0.25) is 0 Å². The summed E-state index contributed by atoms with van der Waals surface area (Å²) in [5.41, 5.74) is 3.54. The van der Waals surface area contributed by atoms with Gasteiger partial charge in [-0.1, -0.05) is 38.1 Å². The summed E-state index contributed by atoms with van der Waals surface area (Å²) in [5, 5.41) is 3.75. The number of rotatable bonds is 5. The molecule has 1 N–H and O–H groups in total. The van der Waals surface area contributed by atoms with E-state index >= 15 is 0 Å². The molecule has 0 saturated heterocycles. The van der Waals surface area contributed by atoms with Gasteiger partial charge in [0.25, 0.3) is 0 Å². The molecule has 0 amide bonds. The fourth-order valence-electron chi connectivity index (χ4n) is 2.38. The molecular weight excluding hydrogens is 258 g/mol. The molecule has 0 fully saturated rings. The van der Waals surface area contributed by atoms with E-state index in [1.54, 1.807) is 6.26 Å². The molecule has 0 saturated carbocycles. The van der Waals surface area contributed by atoms with Gasteiger partial charge in [0.05, 0.1) is 12.3 Å². The fraction of sp³-hybridized carbons (Fsp3) is 0.375. The Morgan fingerprint density at radius 1 is 1.26 bits per heavy atom. The van der Waals surface area contributed by atoms with Crippen molar-refractivity contribution in [2.45, 2.75) is 26.3 Å². The van der Waals surface area contributed by atoms with Crippen molar-refractivity contribution in [3.05, 3.63) is 58.5 Å². The minimum atomic E-state index is 0.0679. The molecule has 3 heteroatoms. The summed E-state index contributed by atoms with van der Waals surface area (Å²) in [5.74, 6) is 0.654. The van der Waals surface area contributed by atoms with Gasteiger partial charge in [0.2, 0.25) is 0 Å². The van der Waals surface area contributed by atoms with Crippen LogP contribution >= 0.6 is 11.6 Å². The number of hydrogen-bond acceptors (Lipinski definition) is 2. The monoisotopic (exact) mass is 277 g/mol. The second-order valence-corrected chi connectivity index (χ2v) is 5.56. The van der Waals surface area contributed by atoms with Crippen LogP contribution in [-0.4, -0.2) is 7.05 Å². The molecule has 0 radical (unpaired) electrons. The molecule has 1 unspecified atom stereocenters. The largest absolute Gasteiger partial charge is 0.453 e. The van der Waals surface area contributed by atoms with Gasteiger partial charge in [0.1, 0.15) is 0 Å². The molecule has 2 rings (SSSR count). The Morgan fingerprint density at radius 3 is 2.63 bits per heavy atom. The first-order chi connectivity index (χ1) is 9.11. The van der Waals surface area contributed by atoms with Crippen LogP contribution in [-0.2, 0) is 6.42 Å². The zero-order valence-corrected chi connectivity index (χ0v) is 12.4. The molecule has 0 aliphatic heterocycles. The Balaban J connectivity index is 2.31. The summed E-state index contributed by atoms with van der Waals surface area (Å²) in [6.45, 7) is 4.46. The normalized spacial score (nSPS) is 12.9. The molecular formula is C16H20ClNO. The standard InChI is InChI=1S/C16H20ClNO/c1-11(2)9-12-5-4-6-13(10-12)15(18-3)14-7-8-19-16(14)17/h4-8,10-11,15,18H,9H2,1-3H3. The third kappa shape index (κ3) is 3.40. The lowest BCUT2D eigenvalue weighted by atomic mass is 9.96. The van der Waals surface area contributed by atoms with Gasteiger partial charge < -0.3 is 9.73 Å². The molecule has 1 aromatic heterocycles. The van der Waals surface area contributed by atoms with E-state index in [0.717, 1.165) is 12.0 Å². The molecule has 2 aromatic rings. The van der Waals surface area contributed by atoms with Crippen molar-refractivity contribution in [2.75, 3.05) is 7.05 Å². The zero-order valence-electron chi connectivity index (χ0n) is 11.6. The molecule has 19 heavy (non-hydrogen) atoms. The molecule has 0 aliphatic carbocycles. The Morgan fingerprint density at radius 2 is 2.05 bits per heavy atom. The van der Waals surface area contributed by atoms with Crippen molar-refractivity contribution in [3.8, 4) is 0 Å². The molecule has 2 nitrogen and oxygen atoms in total. The van der Waals surface area contributed by atoms with Crippen molar-refractivity contribution < 1.29 is 4.42 Å². The quantitative estimate of drug-likeness (QED) is 0.874. The number of nitrogens with one attached hydrogen (secondary N) is 1. The van der Waals surface area contributed by atoms with E-state index < -0.39 is 0 Å². The number of hydrogen-bond donors (Lipinski definition) is 1. The second kappa shape index (κ2) is 6.27. The fourth-order valence-corrected chi connectivity index (χ4v) is 2.61. The van der Waals surface area contributed by atoms with E-state index in [1.165, 1.54) is 11.1 Å². The lowest BCUT2D eigenvalue weighted by molar-refractivity contribution is 0.559. The van der Waals surface area contributed by atoms with Gasteiger partial charge in [-0.05, 0) is 48.2 Å². The minimum absolute atomic E-state index is 0.0679. The highest BCUT2D eigenvalue weighted by Gasteiger charge is 2.17. The number of benzene rings is 1. The predicted octanol–water partition coefficient (Wildman–Crippen LogP) is 4.44. The Kier molecular flexibility index (Phi) is 4.67. The molecule has 102 valence electrons. The van der Waals surface area contributed by atoms with Crippen LogP contribution < -0.4 is 5.32 Å². The van der Waals surface area contributed by atoms with Crippen molar-refractivity contribution in [1.82, 2.24) is 5.32 Å². The smallest absolute Gasteiger partial charge is 0.198 e. The lowest BCUT2D eigenvalue weighted by Gasteiger charge is -2.17. The third-order valence-electron chi connectivity index (χ3n) is 3.17. The van der Waals surface area contributed by atoms with Gasteiger partial charge in [-0.25, -0.2) is 0 Å². The van der Waals surface area contributed by atoms with Crippen molar-refractivity contribution in [1.29, 1.82) is 0 Å². The summed E-state index contributed by atoms with van der Waals surface area (Å²) >= 11 is 6.08. The van der Waals surface area contributed by atoms with Gasteiger partial charge >= 0.3 is 0 Å². The zero-order chi connectivity index (χ0) is 13.8. The van der Waals surface area contributed by atoms with Crippen LogP contribution in [0.3, 0.4) is 0 Å². The summed E-state index contributed by atoms with van der Waals surface area (Å²) in [6, 6.07) is 10.6. The van der Waals surface area contributed by atoms with E-state index in [-0.39, 0.29) is 6.04 Å². The molecule has 0 aliphatic rings. The Bertz CT molecular complexity index is 533. The van der Waals surface area contributed by atoms with Crippen LogP contribution in [0.25, 0.3) is 0 Å². The van der Waals surface area contributed by atoms with Crippen LogP contribution in [0.2, 0.25) is 5.22 Å². The summed E-state index contributed by atoms with van der Waals surface area (Å²) < 4.78 is 5.19.